The van der Waals surface area contributed by atoms with Crippen LogP contribution in [0.15, 0.2) is 41.3 Å². The Kier molecular flexibility index (Phi) is 4.46. The van der Waals surface area contributed by atoms with Crippen molar-refractivity contribution in [3.63, 3.8) is 0 Å². The highest BCUT2D eigenvalue weighted by atomic mass is 35.5. The number of fused-ring (bicyclic) bond motifs is 1. The van der Waals surface area contributed by atoms with E-state index in [1.165, 1.54) is 0 Å². The van der Waals surface area contributed by atoms with E-state index in [9.17, 15) is 0 Å². The lowest BCUT2D eigenvalue weighted by atomic mass is 10.2. The maximum Gasteiger partial charge on any atom is 0.162 e. The van der Waals surface area contributed by atoms with E-state index in [2.05, 4.69) is 0 Å². The fraction of sp³-hybridized carbons (Fsp3) is 0.250. The van der Waals surface area contributed by atoms with E-state index in [-0.39, 0.29) is 0 Å². The van der Waals surface area contributed by atoms with E-state index < -0.39 is 0 Å². The van der Waals surface area contributed by atoms with Crippen LogP contribution in [0.3, 0.4) is 0 Å². The molecular formula is C16H16ClNO2S. The van der Waals surface area contributed by atoms with Crippen molar-refractivity contribution in [3.8, 4) is 11.5 Å². The Balaban J connectivity index is 1.73. The number of thioether (sulfide) groups is 1. The molecule has 3 nitrogen and oxygen atoms in total. The monoisotopic (exact) mass is 321 g/mol. The van der Waals surface area contributed by atoms with Crippen LogP contribution in [0.5, 0.6) is 11.5 Å². The highest BCUT2D eigenvalue weighted by Crippen LogP contribution is 2.35. The first-order valence-corrected chi connectivity index (χ1v) is 8.15. The zero-order valence-electron chi connectivity index (χ0n) is 11.5. The summed E-state index contributed by atoms with van der Waals surface area (Å²) < 4.78 is 11.3. The molecule has 1 aliphatic heterocycles. The molecule has 0 atom stereocenters. The summed E-state index contributed by atoms with van der Waals surface area (Å²) in [6.07, 6.45) is 0.913. The van der Waals surface area contributed by atoms with E-state index in [4.69, 9.17) is 26.8 Å². The normalized spacial score (nSPS) is 13.8. The van der Waals surface area contributed by atoms with Crippen LogP contribution in [-0.4, -0.2) is 13.2 Å². The van der Waals surface area contributed by atoms with Gasteiger partial charge in [-0.05, 0) is 42.0 Å². The average molecular weight is 322 g/mol. The molecule has 0 aromatic heterocycles. The lowest BCUT2D eigenvalue weighted by Gasteiger charge is -2.10. The molecular weight excluding hydrogens is 306 g/mol. The topological polar surface area (TPSA) is 44.5 Å². The van der Waals surface area contributed by atoms with E-state index >= 15 is 0 Å². The van der Waals surface area contributed by atoms with Gasteiger partial charge in [-0.25, -0.2) is 0 Å². The number of hydrogen-bond donors (Lipinski definition) is 1. The van der Waals surface area contributed by atoms with Crippen molar-refractivity contribution in [2.24, 2.45) is 0 Å². The number of ether oxygens (including phenoxy) is 2. The summed E-state index contributed by atoms with van der Waals surface area (Å²) in [7, 11) is 0. The summed E-state index contributed by atoms with van der Waals surface area (Å²) >= 11 is 7.89. The van der Waals surface area contributed by atoms with Gasteiger partial charge in [-0.2, -0.15) is 0 Å². The van der Waals surface area contributed by atoms with Crippen LogP contribution in [0.2, 0.25) is 5.02 Å². The SMILES string of the molecule is Nc1ccc(Cl)c(CSc2ccc3c(c2)OCCCO3)c1. The Morgan fingerprint density at radius 3 is 2.71 bits per heavy atom. The van der Waals surface area contributed by atoms with Crippen molar-refractivity contribution >= 4 is 29.1 Å². The number of hydrogen-bond acceptors (Lipinski definition) is 4. The van der Waals surface area contributed by atoms with Crippen molar-refractivity contribution < 1.29 is 9.47 Å². The number of anilines is 1. The molecule has 3 rings (SSSR count). The van der Waals surface area contributed by atoms with E-state index in [0.717, 1.165) is 44.8 Å². The Bertz CT molecular complexity index is 648. The largest absolute Gasteiger partial charge is 0.490 e. The van der Waals surface area contributed by atoms with Crippen molar-refractivity contribution in [1.82, 2.24) is 0 Å². The molecule has 0 radical (unpaired) electrons. The zero-order valence-corrected chi connectivity index (χ0v) is 13.0. The zero-order chi connectivity index (χ0) is 14.7. The first kappa shape index (κ1) is 14.4. The van der Waals surface area contributed by atoms with Crippen LogP contribution in [-0.2, 0) is 5.75 Å². The first-order valence-electron chi connectivity index (χ1n) is 6.79. The van der Waals surface area contributed by atoms with Crippen LogP contribution >= 0.6 is 23.4 Å². The fourth-order valence-electron chi connectivity index (χ4n) is 2.10. The summed E-state index contributed by atoms with van der Waals surface area (Å²) in [5.41, 5.74) is 7.57. The fourth-order valence-corrected chi connectivity index (χ4v) is 3.28. The summed E-state index contributed by atoms with van der Waals surface area (Å²) in [4.78, 5) is 1.12. The van der Waals surface area contributed by atoms with Crippen molar-refractivity contribution in [2.75, 3.05) is 18.9 Å². The first-order chi connectivity index (χ1) is 10.2. The maximum atomic E-state index is 6.19. The van der Waals surface area contributed by atoms with Gasteiger partial charge in [0.2, 0.25) is 0 Å². The number of nitrogens with two attached hydrogens (primary N) is 1. The van der Waals surface area contributed by atoms with Crippen molar-refractivity contribution in [2.45, 2.75) is 17.1 Å². The van der Waals surface area contributed by atoms with Gasteiger partial charge in [-0.15, -0.1) is 11.8 Å². The minimum absolute atomic E-state index is 0.697. The van der Waals surface area contributed by atoms with Crippen LogP contribution in [0.4, 0.5) is 5.69 Å². The van der Waals surface area contributed by atoms with Gasteiger partial charge in [0.25, 0.3) is 0 Å². The van der Waals surface area contributed by atoms with Crippen LogP contribution < -0.4 is 15.2 Å². The van der Waals surface area contributed by atoms with E-state index in [0.29, 0.717) is 13.2 Å². The van der Waals surface area contributed by atoms with Crippen LogP contribution in [0.1, 0.15) is 12.0 Å². The maximum absolute atomic E-state index is 6.19. The third-order valence-electron chi connectivity index (χ3n) is 3.18. The molecule has 2 aromatic rings. The van der Waals surface area contributed by atoms with Gasteiger partial charge in [-0.3, -0.25) is 0 Å². The molecule has 110 valence electrons. The van der Waals surface area contributed by atoms with E-state index in [1.807, 2.05) is 36.4 Å². The second-order valence-electron chi connectivity index (χ2n) is 4.80. The number of benzene rings is 2. The highest BCUT2D eigenvalue weighted by Gasteiger charge is 2.11. The minimum Gasteiger partial charge on any atom is -0.490 e. The smallest absolute Gasteiger partial charge is 0.162 e. The molecule has 0 saturated carbocycles. The molecule has 0 unspecified atom stereocenters. The third-order valence-corrected chi connectivity index (χ3v) is 4.59. The summed E-state index contributed by atoms with van der Waals surface area (Å²) in [5, 5.41) is 0.742. The van der Waals surface area contributed by atoms with Gasteiger partial charge in [0.15, 0.2) is 11.5 Å². The summed E-state index contributed by atoms with van der Waals surface area (Å²) in [5.74, 6) is 2.40. The molecule has 21 heavy (non-hydrogen) atoms. The lowest BCUT2D eigenvalue weighted by Crippen LogP contribution is -1.97. The van der Waals surface area contributed by atoms with Gasteiger partial charge < -0.3 is 15.2 Å². The van der Waals surface area contributed by atoms with Gasteiger partial charge in [-0.1, -0.05) is 11.6 Å². The van der Waals surface area contributed by atoms with Crippen molar-refractivity contribution in [3.05, 3.63) is 47.0 Å². The number of nitrogen functional groups attached to an aromatic ring is 1. The predicted molar refractivity (Wildman–Crippen MR) is 87.5 cm³/mol. The standard InChI is InChI=1S/C16H16ClNO2S/c17-14-4-2-12(18)8-11(14)10-21-13-3-5-15-16(9-13)20-7-1-6-19-15/h2-5,8-9H,1,6-7,10,18H2. The Morgan fingerprint density at radius 1 is 1.05 bits per heavy atom. The van der Waals surface area contributed by atoms with Crippen molar-refractivity contribution in [1.29, 1.82) is 0 Å². The Morgan fingerprint density at radius 2 is 1.86 bits per heavy atom. The minimum atomic E-state index is 0.697. The Hall–Kier alpha value is -1.52. The number of halogens is 1. The molecule has 0 fully saturated rings. The molecule has 2 N–H and O–H groups in total. The van der Waals surface area contributed by atoms with Crippen LogP contribution in [0.25, 0.3) is 0 Å². The average Bonchev–Trinajstić information content (AvgIpc) is 2.73. The third kappa shape index (κ3) is 3.57. The molecule has 0 amide bonds. The second-order valence-corrected chi connectivity index (χ2v) is 6.25. The molecule has 1 heterocycles. The summed E-state index contributed by atoms with van der Waals surface area (Å²) in [6.45, 7) is 1.40. The van der Waals surface area contributed by atoms with Gasteiger partial charge in [0, 0.05) is 27.8 Å². The molecule has 0 saturated heterocycles. The predicted octanol–water partition coefficient (Wildman–Crippen LogP) is 4.38. The molecule has 2 aromatic carbocycles. The molecule has 0 spiro atoms. The second kappa shape index (κ2) is 6.50. The van der Waals surface area contributed by atoms with Gasteiger partial charge in [0.05, 0.1) is 13.2 Å². The van der Waals surface area contributed by atoms with E-state index in [1.54, 1.807) is 11.8 Å². The highest BCUT2D eigenvalue weighted by molar-refractivity contribution is 7.98. The van der Waals surface area contributed by atoms with Gasteiger partial charge >= 0.3 is 0 Å². The molecule has 0 bridgehead atoms. The van der Waals surface area contributed by atoms with Gasteiger partial charge in [0.1, 0.15) is 0 Å². The summed E-state index contributed by atoms with van der Waals surface area (Å²) in [6, 6.07) is 11.6. The van der Waals surface area contributed by atoms with Crippen LogP contribution in [0, 0.1) is 0 Å². The molecule has 1 aliphatic rings. The number of rotatable bonds is 3. The molecule has 5 heteroatoms. The Labute approximate surface area is 133 Å². The molecule has 0 aliphatic carbocycles. The lowest BCUT2D eigenvalue weighted by molar-refractivity contribution is 0.297. The quantitative estimate of drug-likeness (QED) is 0.673.